The highest BCUT2D eigenvalue weighted by Gasteiger charge is 2.20. The van der Waals surface area contributed by atoms with Crippen LogP contribution in [-0.2, 0) is 0 Å². The molecule has 1 aromatic rings. The second-order valence-corrected chi connectivity index (χ2v) is 4.33. The molecule has 0 spiro atoms. The van der Waals surface area contributed by atoms with Crippen molar-refractivity contribution < 1.29 is 9.18 Å². The smallest absolute Gasteiger partial charge is 0.256 e. The van der Waals surface area contributed by atoms with Gasteiger partial charge in [-0.1, -0.05) is 12.1 Å². The van der Waals surface area contributed by atoms with Gasteiger partial charge in [0.15, 0.2) is 0 Å². The van der Waals surface area contributed by atoms with Gasteiger partial charge in [-0.3, -0.25) is 4.79 Å². The fourth-order valence-electron chi connectivity index (χ4n) is 2.03. The van der Waals surface area contributed by atoms with Gasteiger partial charge in [-0.2, -0.15) is 0 Å². The Kier molecular flexibility index (Phi) is 3.74. The van der Waals surface area contributed by atoms with Crippen molar-refractivity contribution in [3.05, 3.63) is 35.1 Å². The first-order chi connectivity index (χ1) is 8.20. The topological polar surface area (TPSA) is 32.3 Å². The van der Waals surface area contributed by atoms with Crippen LogP contribution in [0.25, 0.3) is 0 Å². The molecule has 17 heavy (non-hydrogen) atoms. The van der Waals surface area contributed by atoms with Crippen LogP contribution < -0.4 is 5.32 Å². The minimum atomic E-state index is -0.394. The summed E-state index contributed by atoms with van der Waals surface area (Å²) in [6, 6.07) is 4.96. The average molecular weight is 236 g/mol. The third-order valence-electron chi connectivity index (χ3n) is 3.05. The van der Waals surface area contributed by atoms with Gasteiger partial charge in [-0.25, -0.2) is 4.39 Å². The molecule has 1 amide bonds. The number of nitrogens with zero attached hydrogens (tertiary/aromatic N) is 1. The van der Waals surface area contributed by atoms with E-state index in [1.807, 2.05) is 0 Å². The highest BCUT2D eigenvalue weighted by atomic mass is 19.1. The quantitative estimate of drug-likeness (QED) is 0.802. The van der Waals surface area contributed by atoms with Gasteiger partial charge >= 0.3 is 0 Å². The maximum Gasteiger partial charge on any atom is 0.256 e. The first kappa shape index (κ1) is 12.0. The molecule has 1 heterocycles. The third-order valence-corrected chi connectivity index (χ3v) is 3.05. The van der Waals surface area contributed by atoms with Crippen LogP contribution in [0.3, 0.4) is 0 Å². The standard InChI is InChI=1S/C13H17FN2O/c1-10-4-2-5-11(12(10)14)13(17)16-8-3-6-15-7-9-16/h2,4-5,15H,3,6-9H2,1H3. The molecular weight excluding hydrogens is 219 g/mol. The van der Waals surface area contributed by atoms with Crippen molar-refractivity contribution in [3.8, 4) is 0 Å². The van der Waals surface area contributed by atoms with Gasteiger partial charge in [0.25, 0.3) is 5.91 Å². The Balaban J connectivity index is 2.20. The van der Waals surface area contributed by atoms with Crippen LogP contribution in [0.1, 0.15) is 22.3 Å². The maximum atomic E-state index is 13.8. The van der Waals surface area contributed by atoms with Crippen LogP contribution in [0.15, 0.2) is 18.2 Å². The molecule has 92 valence electrons. The minimum absolute atomic E-state index is 0.187. The van der Waals surface area contributed by atoms with E-state index in [9.17, 15) is 9.18 Å². The summed E-state index contributed by atoms with van der Waals surface area (Å²) in [6.45, 7) is 4.71. The number of rotatable bonds is 1. The van der Waals surface area contributed by atoms with Crippen LogP contribution in [0.2, 0.25) is 0 Å². The van der Waals surface area contributed by atoms with Gasteiger partial charge in [0, 0.05) is 19.6 Å². The zero-order valence-electron chi connectivity index (χ0n) is 10.0. The lowest BCUT2D eigenvalue weighted by Gasteiger charge is -2.20. The number of carbonyl (C=O) groups is 1. The predicted octanol–water partition coefficient (Wildman–Crippen LogP) is 1.57. The van der Waals surface area contributed by atoms with E-state index in [1.165, 1.54) is 0 Å². The Hall–Kier alpha value is -1.42. The van der Waals surface area contributed by atoms with E-state index in [2.05, 4.69) is 5.32 Å². The van der Waals surface area contributed by atoms with Crippen molar-refractivity contribution in [2.45, 2.75) is 13.3 Å². The van der Waals surface area contributed by atoms with Gasteiger partial charge in [-0.15, -0.1) is 0 Å². The number of benzene rings is 1. The van der Waals surface area contributed by atoms with Crippen molar-refractivity contribution in [1.82, 2.24) is 10.2 Å². The summed E-state index contributed by atoms with van der Waals surface area (Å²) in [5.41, 5.74) is 0.704. The Labute approximate surface area is 101 Å². The van der Waals surface area contributed by atoms with E-state index in [-0.39, 0.29) is 11.5 Å². The summed E-state index contributed by atoms with van der Waals surface area (Å²) >= 11 is 0. The van der Waals surface area contributed by atoms with Gasteiger partial charge in [0.05, 0.1) is 5.56 Å². The molecular formula is C13H17FN2O. The number of nitrogens with one attached hydrogen (secondary N) is 1. The molecule has 1 saturated heterocycles. The summed E-state index contributed by atoms with van der Waals surface area (Å²) in [7, 11) is 0. The van der Waals surface area contributed by atoms with Crippen molar-refractivity contribution in [1.29, 1.82) is 0 Å². The van der Waals surface area contributed by atoms with Crippen LogP contribution >= 0.6 is 0 Å². The molecule has 1 aromatic carbocycles. The van der Waals surface area contributed by atoms with Crippen LogP contribution in [0, 0.1) is 12.7 Å². The van der Waals surface area contributed by atoms with Gasteiger partial charge in [0.2, 0.25) is 0 Å². The Morgan fingerprint density at radius 1 is 1.35 bits per heavy atom. The van der Waals surface area contributed by atoms with Crippen LogP contribution in [0.4, 0.5) is 4.39 Å². The average Bonchev–Trinajstić information content (AvgIpc) is 2.60. The number of carbonyl (C=O) groups excluding carboxylic acids is 1. The second-order valence-electron chi connectivity index (χ2n) is 4.33. The predicted molar refractivity (Wildman–Crippen MR) is 64.5 cm³/mol. The molecule has 1 N–H and O–H groups in total. The van der Waals surface area contributed by atoms with Crippen molar-refractivity contribution >= 4 is 5.91 Å². The third kappa shape index (κ3) is 2.64. The fourth-order valence-corrected chi connectivity index (χ4v) is 2.03. The summed E-state index contributed by atoms with van der Waals surface area (Å²) < 4.78 is 13.8. The van der Waals surface area contributed by atoms with E-state index in [0.717, 1.165) is 19.5 Å². The number of hydrogen-bond acceptors (Lipinski definition) is 2. The van der Waals surface area contributed by atoms with E-state index in [1.54, 1.807) is 30.0 Å². The summed E-state index contributed by atoms with van der Waals surface area (Å²) in [5.74, 6) is -0.593. The van der Waals surface area contributed by atoms with Crippen molar-refractivity contribution in [2.75, 3.05) is 26.2 Å². The lowest BCUT2D eigenvalue weighted by molar-refractivity contribution is 0.0761. The minimum Gasteiger partial charge on any atom is -0.337 e. The normalized spacial score (nSPS) is 16.7. The molecule has 0 atom stereocenters. The van der Waals surface area contributed by atoms with Gasteiger partial charge < -0.3 is 10.2 Å². The SMILES string of the molecule is Cc1cccc(C(=O)N2CCCNCC2)c1F. The molecule has 0 aromatic heterocycles. The first-order valence-corrected chi connectivity index (χ1v) is 5.95. The molecule has 0 aliphatic carbocycles. The number of halogens is 1. The molecule has 2 rings (SSSR count). The Morgan fingerprint density at radius 2 is 2.18 bits per heavy atom. The molecule has 1 aliphatic heterocycles. The fraction of sp³-hybridized carbons (Fsp3) is 0.462. The summed E-state index contributed by atoms with van der Waals surface area (Å²) in [4.78, 5) is 13.9. The monoisotopic (exact) mass is 236 g/mol. The molecule has 0 saturated carbocycles. The van der Waals surface area contributed by atoms with E-state index in [0.29, 0.717) is 18.7 Å². The molecule has 0 radical (unpaired) electrons. The lowest BCUT2D eigenvalue weighted by atomic mass is 10.1. The van der Waals surface area contributed by atoms with E-state index >= 15 is 0 Å². The zero-order chi connectivity index (χ0) is 12.3. The highest BCUT2D eigenvalue weighted by Crippen LogP contribution is 2.14. The molecule has 0 unspecified atom stereocenters. The highest BCUT2D eigenvalue weighted by molar-refractivity contribution is 5.94. The van der Waals surface area contributed by atoms with Gasteiger partial charge in [-0.05, 0) is 31.5 Å². The van der Waals surface area contributed by atoms with E-state index in [4.69, 9.17) is 0 Å². The molecule has 1 aliphatic rings. The summed E-state index contributed by atoms with van der Waals surface area (Å²) in [5, 5.41) is 3.22. The van der Waals surface area contributed by atoms with Crippen molar-refractivity contribution in [2.24, 2.45) is 0 Å². The maximum absolute atomic E-state index is 13.8. The Morgan fingerprint density at radius 3 is 3.00 bits per heavy atom. The number of amides is 1. The van der Waals surface area contributed by atoms with E-state index < -0.39 is 5.82 Å². The molecule has 0 bridgehead atoms. The molecule has 3 nitrogen and oxygen atoms in total. The number of aryl methyl sites for hydroxylation is 1. The molecule has 4 heteroatoms. The van der Waals surface area contributed by atoms with Crippen LogP contribution in [-0.4, -0.2) is 37.0 Å². The van der Waals surface area contributed by atoms with Crippen LogP contribution in [0.5, 0.6) is 0 Å². The lowest BCUT2D eigenvalue weighted by Crippen LogP contribution is -2.34. The molecule has 1 fully saturated rings. The van der Waals surface area contributed by atoms with Gasteiger partial charge in [0.1, 0.15) is 5.82 Å². The Bertz CT molecular complexity index is 412. The number of hydrogen-bond donors (Lipinski definition) is 1. The van der Waals surface area contributed by atoms with Crippen molar-refractivity contribution in [3.63, 3.8) is 0 Å². The zero-order valence-corrected chi connectivity index (χ0v) is 10.0. The second kappa shape index (κ2) is 5.27. The summed E-state index contributed by atoms with van der Waals surface area (Å²) in [6.07, 6.45) is 0.916. The largest absolute Gasteiger partial charge is 0.337 e. The first-order valence-electron chi connectivity index (χ1n) is 5.95.